The first-order valence-electron chi connectivity index (χ1n) is 7.54. The maximum Gasteiger partial charge on any atom is 0.305 e. The minimum Gasteiger partial charge on any atom is -0.491 e. The van der Waals surface area contributed by atoms with Gasteiger partial charge in [-0.05, 0) is 11.6 Å². The molecule has 1 atom stereocenters. The third kappa shape index (κ3) is 2.79. The van der Waals surface area contributed by atoms with Crippen LogP contribution in [-0.4, -0.2) is 21.0 Å². The molecule has 23 heavy (non-hydrogen) atoms. The fraction of sp³-hybridized carbons (Fsp3) is 0.294. The van der Waals surface area contributed by atoms with Gasteiger partial charge in [-0.15, -0.1) is 0 Å². The topological polar surface area (TPSA) is 91.1 Å². The van der Waals surface area contributed by atoms with Gasteiger partial charge in [0.15, 0.2) is 5.76 Å². The molecule has 0 spiro atoms. The smallest absolute Gasteiger partial charge is 0.305 e. The Labute approximate surface area is 133 Å². The number of carbonyl (C=O) groups excluding carboxylic acids is 1. The van der Waals surface area contributed by atoms with E-state index in [1.807, 2.05) is 37.4 Å². The molecule has 6 nitrogen and oxygen atoms in total. The molecule has 0 aliphatic carbocycles. The molecule has 3 aromatic rings. The van der Waals surface area contributed by atoms with Gasteiger partial charge in [-0.25, -0.2) is 0 Å². The number of benzene rings is 1. The third-order valence-corrected chi connectivity index (χ3v) is 3.87. The zero-order chi connectivity index (χ0) is 16.6. The van der Waals surface area contributed by atoms with Crippen LogP contribution < -0.4 is 5.32 Å². The van der Waals surface area contributed by atoms with Gasteiger partial charge in [-0.3, -0.25) is 10.1 Å². The van der Waals surface area contributed by atoms with E-state index in [1.165, 1.54) is 0 Å². The van der Waals surface area contributed by atoms with E-state index in [9.17, 15) is 9.90 Å². The maximum atomic E-state index is 11.7. The zero-order valence-electron chi connectivity index (χ0n) is 13.3. The van der Waals surface area contributed by atoms with Crippen LogP contribution in [0.15, 0.2) is 34.9 Å². The summed E-state index contributed by atoms with van der Waals surface area (Å²) in [5, 5.41) is 13.7. The predicted octanol–water partition coefficient (Wildman–Crippen LogP) is 3.61. The molecule has 0 saturated heterocycles. The molecule has 1 amide bonds. The number of anilines is 1. The normalized spacial score (nSPS) is 12.7. The van der Waals surface area contributed by atoms with Gasteiger partial charge in [-0.1, -0.05) is 39.0 Å². The monoisotopic (exact) mass is 313 g/mol. The number of para-hydroxylation sites is 1. The van der Waals surface area contributed by atoms with Crippen LogP contribution in [-0.2, 0) is 4.79 Å². The van der Waals surface area contributed by atoms with E-state index in [1.54, 1.807) is 13.8 Å². The number of aromatic nitrogens is 2. The lowest BCUT2D eigenvalue weighted by Gasteiger charge is -2.07. The Hall–Kier alpha value is -2.76. The number of fused-ring (bicyclic) bond motifs is 1. The molecule has 6 heteroatoms. The average molecular weight is 313 g/mol. The van der Waals surface area contributed by atoms with Gasteiger partial charge in [-0.2, -0.15) is 4.98 Å². The highest BCUT2D eigenvalue weighted by molar-refractivity contribution is 5.90. The van der Waals surface area contributed by atoms with E-state index in [2.05, 4.69) is 15.3 Å². The van der Waals surface area contributed by atoms with E-state index in [0.29, 0.717) is 5.76 Å². The van der Waals surface area contributed by atoms with Gasteiger partial charge in [0.2, 0.25) is 5.91 Å². The van der Waals surface area contributed by atoms with Crippen LogP contribution in [0.4, 0.5) is 6.01 Å². The van der Waals surface area contributed by atoms with E-state index in [4.69, 9.17) is 4.42 Å². The molecule has 1 aromatic carbocycles. The molecule has 2 aromatic heterocycles. The summed E-state index contributed by atoms with van der Waals surface area (Å²) in [4.78, 5) is 18.8. The number of aromatic amines is 1. The van der Waals surface area contributed by atoms with Crippen molar-refractivity contribution in [2.24, 2.45) is 5.92 Å². The van der Waals surface area contributed by atoms with E-state index in [0.717, 1.165) is 16.5 Å². The molecule has 2 heterocycles. The lowest BCUT2D eigenvalue weighted by Crippen LogP contribution is -2.17. The molecule has 0 fully saturated rings. The first-order chi connectivity index (χ1) is 11.0. The van der Waals surface area contributed by atoms with Gasteiger partial charge in [0.1, 0.15) is 0 Å². The number of nitrogens with one attached hydrogen (secondary N) is 2. The van der Waals surface area contributed by atoms with Crippen molar-refractivity contribution < 1.29 is 14.3 Å². The molecule has 120 valence electrons. The van der Waals surface area contributed by atoms with E-state index >= 15 is 0 Å². The molecular formula is C17H19N3O3. The molecule has 0 aliphatic rings. The second-order valence-electron chi connectivity index (χ2n) is 5.86. The Morgan fingerprint density at radius 3 is 2.78 bits per heavy atom. The number of hydrogen-bond donors (Lipinski definition) is 3. The number of oxazole rings is 1. The second kappa shape index (κ2) is 5.79. The van der Waals surface area contributed by atoms with E-state index < -0.39 is 0 Å². The van der Waals surface area contributed by atoms with Crippen molar-refractivity contribution in [3.05, 3.63) is 41.8 Å². The Morgan fingerprint density at radius 1 is 1.30 bits per heavy atom. The molecular weight excluding hydrogens is 294 g/mol. The lowest BCUT2D eigenvalue weighted by atomic mass is 9.98. The third-order valence-electron chi connectivity index (χ3n) is 3.87. The van der Waals surface area contributed by atoms with Crippen LogP contribution in [0.5, 0.6) is 5.88 Å². The summed E-state index contributed by atoms with van der Waals surface area (Å²) in [6.07, 6.45) is 1.89. The minimum atomic E-state index is -0.211. The Bertz CT molecular complexity index is 848. The number of hydrogen-bond acceptors (Lipinski definition) is 4. The molecule has 3 N–H and O–H groups in total. The van der Waals surface area contributed by atoms with Crippen molar-refractivity contribution in [3.63, 3.8) is 0 Å². The Balaban J connectivity index is 1.92. The summed E-state index contributed by atoms with van der Waals surface area (Å²) in [5.41, 5.74) is 2.01. The van der Waals surface area contributed by atoms with Crippen LogP contribution in [0.25, 0.3) is 10.9 Å². The van der Waals surface area contributed by atoms with Crippen LogP contribution in [0, 0.1) is 5.92 Å². The minimum absolute atomic E-state index is 0.0166. The van der Waals surface area contributed by atoms with Crippen molar-refractivity contribution in [2.45, 2.75) is 26.7 Å². The molecule has 0 aliphatic heterocycles. The Morgan fingerprint density at radius 2 is 2.04 bits per heavy atom. The van der Waals surface area contributed by atoms with Crippen LogP contribution in [0.1, 0.15) is 38.0 Å². The van der Waals surface area contributed by atoms with Crippen molar-refractivity contribution in [3.8, 4) is 5.88 Å². The molecule has 0 unspecified atom stereocenters. The van der Waals surface area contributed by atoms with Crippen molar-refractivity contribution in [1.29, 1.82) is 0 Å². The second-order valence-corrected chi connectivity index (χ2v) is 5.86. The van der Waals surface area contributed by atoms with Crippen molar-refractivity contribution >= 4 is 22.8 Å². The van der Waals surface area contributed by atoms with Crippen molar-refractivity contribution in [1.82, 2.24) is 9.97 Å². The number of aromatic hydroxyl groups is 1. The summed E-state index contributed by atoms with van der Waals surface area (Å²) in [7, 11) is 0. The number of carbonyl (C=O) groups is 1. The van der Waals surface area contributed by atoms with Crippen molar-refractivity contribution in [2.75, 3.05) is 5.32 Å². The highest BCUT2D eigenvalue weighted by Gasteiger charge is 2.23. The number of rotatable bonds is 4. The SMILES string of the molecule is CC(C)C(=O)Nc1nc(O)c([C@H](C)c2c[nH]c3ccccc23)o1. The number of H-pyrrole nitrogens is 1. The van der Waals surface area contributed by atoms with Gasteiger partial charge in [0, 0.05) is 28.9 Å². The highest BCUT2D eigenvalue weighted by Crippen LogP contribution is 2.36. The van der Waals surface area contributed by atoms with Gasteiger partial charge < -0.3 is 14.5 Å². The predicted molar refractivity (Wildman–Crippen MR) is 87.5 cm³/mol. The summed E-state index contributed by atoms with van der Waals surface area (Å²) < 4.78 is 5.56. The molecule has 0 saturated carbocycles. The average Bonchev–Trinajstić information content (AvgIpc) is 3.10. The van der Waals surface area contributed by atoms with E-state index in [-0.39, 0.29) is 29.6 Å². The Kier molecular flexibility index (Phi) is 3.82. The maximum absolute atomic E-state index is 11.7. The summed E-state index contributed by atoms with van der Waals surface area (Å²) in [6, 6.07) is 7.93. The fourth-order valence-corrected chi connectivity index (χ4v) is 2.50. The first kappa shape index (κ1) is 15.1. The quantitative estimate of drug-likeness (QED) is 0.686. The largest absolute Gasteiger partial charge is 0.491 e. The standard InChI is InChI=1S/C17H19N3O3/c1-9(2)15(21)19-17-20-16(22)14(23-17)10(3)12-8-18-13-7-5-4-6-11(12)13/h4-10,18,22H,1-3H3,(H,19,20,21)/t10-/m1/s1. The van der Waals surface area contributed by atoms with Crippen LogP contribution >= 0.6 is 0 Å². The summed E-state index contributed by atoms with van der Waals surface area (Å²) in [5.74, 6) is -0.491. The number of nitrogens with zero attached hydrogens (tertiary/aromatic N) is 1. The fourth-order valence-electron chi connectivity index (χ4n) is 2.50. The molecule has 3 rings (SSSR count). The van der Waals surface area contributed by atoms with Crippen LogP contribution in [0.3, 0.4) is 0 Å². The summed E-state index contributed by atoms with van der Waals surface area (Å²) >= 11 is 0. The zero-order valence-corrected chi connectivity index (χ0v) is 13.3. The number of amides is 1. The van der Waals surface area contributed by atoms with Gasteiger partial charge in [0.05, 0.1) is 0 Å². The van der Waals surface area contributed by atoms with Gasteiger partial charge >= 0.3 is 6.01 Å². The first-order valence-corrected chi connectivity index (χ1v) is 7.54. The summed E-state index contributed by atoms with van der Waals surface area (Å²) in [6.45, 7) is 5.46. The van der Waals surface area contributed by atoms with Gasteiger partial charge in [0.25, 0.3) is 5.88 Å². The molecule has 0 bridgehead atoms. The van der Waals surface area contributed by atoms with Crippen LogP contribution in [0.2, 0.25) is 0 Å². The molecule has 0 radical (unpaired) electrons. The lowest BCUT2D eigenvalue weighted by molar-refractivity contribution is -0.119. The highest BCUT2D eigenvalue weighted by atomic mass is 16.4.